The summed E-state index contributed by atoms with van der Waals surface area (Å²) in [5.74, 6) is -1.44. The van der Waals surface area contributed by atoms with Gasteiger partial charge in [0.1, 0.15) is 6.61 Å². The topological polar surface area (TPSA) is 95.9 Å². The molecule has 0 atom stereocenters. The number of amides is 2. The van der Waals surface area contributed by atoms with Crippen molar-refractivity contribution in [3.63, 3.8) is 0 Å². The monoisotopic (exact) mass is 548 g/mol. The van der Waals surface area contributed by atoms with Crippen molar-refractivity contribution in [2.45, 2.75) is 32.2 Å². The van der Waals surface area contributed by atoms with Crippen LogP contribution >= 0.6 is 0 Å². The molecular weight excluding hydrogens is 516 g/mol. The highest BCUT2D eigenvalue weighted by Gasteiger charge is 2.29. The van der Waals surface area contributed by atoms with Gasteiger partial charge in [-0.1, -0.05) is 91.9 Å². The number of benzene rings is 4. The number of carbonyl (C=O) groups is 3. The van der Waals surface area contributed by atoms with E-state index in [9.17, 15) is 19.5 Å². The molecule has 2 amide bonds. The molecule has 4 aromatic rings. The predicted molar refractivity (Wildman–Crippen MR) is 158 cm³/mol. The number of aliphatic carboxylic acids is 1. The number of aryl methyl sites for hydroxylation is 1. The minimum atomic E-state index is -0.991. The lowest BCUT2D eigenvalue weighted by atomic mass is 9.98. The second-order valence-electron chi connectivity index (χ2n) is 10.0. The molecule has 7 nitrogen and oxygen atoms in total. The van der Waals surface area contributed by atoms with E-state index in [1.807, 2.05) is 67.6 Å². The molecular formula is C34H32N2O5. The first kappa shape index (κ1) is 27.6. The molecule has 4 aromatic carbocycles. The third-order valence-corrected chi connectivity index (χ3v) is 7.40. The van der Waals surface area contributed by atoms with E-state index >= 15 is 0 Å². The summed E-state index contributed by atoms with van der Waals surface area (Å²) in [5, 5.41) is 12.1. The fraction of sp³-hybridized carbons (Fsp3) is 0.206. The van der Waals surface area contributed by atoms with Crippen molar-refractivity contribution in [2.75, 3.05) is 18.5 Å². The summed E-state index contributed by atoms with van der Waals surface area (Å²) in [6.07, 6.45) is -0.161. The minimum Gasteiger partial charge on any atom is -0.481 e. The molecule has 0 aliphatic heterocycles. The highest BCUT2D eigenvalue weighted by atomic mass is 16.5. The molecule has 2 N–H and O–H groups in total. The Kier molecular flexibility index (Phi) is 8.44. The fourth-order valence-electron chi connectivity index (χ4n) is 5.30. The zero-order chi connectivity index (χ0) is 28.8. The highest BCUT2D eigenvalue weighted by Crippen LogP contribution is 2.44. The van der Waals surface area contributed by atoms with E-state index in [1.54, 1.807) is 12.1 Å². The zero-order valence-corrected chi connectivity index (χ0v) is 22.9. The molecule has 208 valence electrons. The van der Waals surface area contributed by atoms with Gasteiger partial charge in [-0.3, -0.25) is 14.9 Å². The first-order valence-corrected chi connectivity index (χ1v) is 13.7. The number of ether oxygens (including phenoxy) is 1. The van der Waals surface area contributed by atoms with Crippen LogP contribution in [-0.4, -0.2) is 41.1 Å². The third-order valence-electron chi connectivity index (χ3n) is 7.40. The smallest absolute Gasteiger partial charge is 0.411 e. The molecule has 7 heteroatoms. The van der Waals surface area contributed by atoms with E-state index in [2.05, 4.69) is 29.6 Å². The number of nitrogens with zero attached hydrogens (tertiary/aromatic N) is 1. The summed E-state index contributed by atoms with van der Waals surface area (Å²) in [6, 6.07) is 30.9. The van der Waals surface area contributed by atoms with Gasteiger partial charge < -0.3 is 14.7 Å². The number of rotatable bonds is 10. The Labute approximate surface area is 239 Å². The number of hydrogen-bond acceptors (Lipinski definition) is 4. The highest BCUT2D eigenvalue weighted by molar-refractivity contribution is 6.03. The van der Waals surface area contributed by atoms with Gasteiger partial charge >= 0.3 is 12.1 Å². The van der Waals surface area contributed by atoms with Crippen LogP contribution in [-0.2, 0) is 22.5 Å². The van der Waals surface area contributed by atoms with Crippen molar-refractivity contribution >= 4 is 23.7 Å². The molecule has 0 bridgehead atoms. The standard InChI is InChI=1S/C34H32N2O5/c1-2-23-16-17-31(29(20-23)33(39)36(19-18-32(37)38)21-24-10-4-3-5-11-24)35-34(40)41-22-30-27-14-8-6-12-25(27)26-13-7-9-15-28(26)30/h3-17,20,30H,2,18-19,21-22H2,1H3,(H,35,40)(H,37,38). The molecule has 0 saturated heterocycles. The Hall–Kier alpha value is -4.91. The third kappa shape index (κ3) is 6.30. The Morgan fingerprint density at radius 3 is 2.10 bits per heavy atom. The van der Waals surface area contributed by atoms with Crippen LogP contribution in [0.2, 0.25) is 0 Å². The van der Waals surface area contributed by atoms with Crippen molar-refractivity contribution < 1.29 is 24.2 Å². The van der Waals surface area contributed by atoms with Gasteiger partial charge in [-0.05, 0) is 51.9 Å². The van der Waals surface area contributed by atoms with Gasteiger partial charge in [0.25, 0.3) is 5.91 Å². The van der Waals surface area contributed by atoms with E-state index < -0.39 is 12.1 Å². The lowest BCUT2D eigenvalue weighted by molar-refractivity contribution is -0.137. The number of fused-ring (bicyclic) bond motifs is 3. The Balaban J connectivity index is 1.35. The van der Waals surface area contributed by atoms with E-state index in [4.69, 9.17) is 4.74 Å². The number of carboxylic acids is 1. The van der Waals surface area contributed by atoms with E-state index in [-0.39, 0.29) is 37.9 Å². The van der Waals surface area contributed by atoms with E-state index in [0.29, 0.717) is 17.7 Å². The molecule has 5 rings (SSSR count). The van der Waals surface area contributed by atoms with Crippen molar-refractivity contribution in [1.82, 2.24) is 4.90 Å². The quantitative estimate of drug-likeness (QED) is 0.229. The van der Waals surface area contributed by atoms with Crippen LogP contribution in [0, 0.1) is 0 Å². The minimum absolute atomic E-state index is 0.0315. The first-order valence-electron chi connectivity index (χ1n) is 13.7. The number of carbonyl (C=O) groups excluding carboxylic acids is 2. The molecule has 0 fully saturated rings. The molecule has 0 spiro atoms. The van der Waals surface area contributed by atoms with Crippen molar-refractivity contribution in [3.8, 4) is 11.1 Å². The SMILES string of the molecule is CCc1ccc(NC(=O)OCC2c3ccccc3-c3ccccc32)c(C(=O)N(CCC(=O)O)Cc2ccccc2)c1. The maximum atomic E-state index is 13.8. The van der Waals surface area contributed by atoms with Crippen LogP contribution in [0.25, 0.3) is 11.1 Å². The second-order valence-corrected chi connectivity index (χ2v) is 10.0. The van der Waals surface area contributed by atoms with Crippen molar-refractivity contribution in [3.05, 3.63) is 125 Å². The number of anilines is 1. The Morgan fingerprint density at radius 2 is 1.46 bits per heavy atom. The van der Waals surface area contributed by atoms with Gasteiger partial charge in [-0.25, -0.2) is 4.79 Å². The molecule has 41 heavy (non-hydrogen) atoms. The van der Waals surface area contributed by atoms with Gasteiger partial charge in [0.2, 0.25) is 0 Å². The number of carboxylic acid groups (broad SMARTS) is 1. The maximum absolute atomic E-state index is 13.8. The molecule has 0 unspecified atom stereocenters. The zero-order valence-electron chi connectivity index (χ0n) is 22.9. The summed E-state index contributed by atoms with van der Waals surface area (Å²) in [5.41, 5.74) is 6.91. The lowest BCUT2D eigenvalue weighted by Crippen LogP contribution is -2.33. The lowest BCUT2D eigenvalue weighted by Gasteiger charge is -2.24. The summed E-state index contributed by atoms with van der Waals surface area (Å²) >= 11 is 0. The summed E-state index contributed by atoms with van der Waals surface area (Å²) in [6.45, 7) is 2.40. The maximum Gasteiger partial charge on any atom is 0.411 e. The van der Waals surface area contributed by atoms with Gasteiger partial charge in [-0.2, -0.15) is 0 Å². The van der Waals surface area contributed by atoms with Crippen LogP contribution in [0.5, 0.6) is 0 Å². The Bertz CT molecular complexity index is 1520. The summed E-state index contributed by atoms with van der Waals surface area (Å²) < 4.78 is 5.72. The largest absolute Gasteiger partial charge is 0.481 e. The van der Waals surface area contributed by atoms with Gasteiger partial charge in [0.05, 0.1) is 17.7 Å². The molecule has 1 aliphatic rings. The molecule has 0 saturated carbocycles. The van der Waals surface area contributed by atoms with E-state index in [0.717, 1.165) is 33.4 Å². The van der Waals surface area contributed by atoms with Crippen molar-refractivity contribution in [2.24, 2.45) is 0 Å². The normalized spacial score (nSPS) is 11.8. The van der Waals surface area contributed by atoms with Gasteiger partial charge in [0.15, 0.2) is 0 Å². The van der Waals surface area contributed by atoms with Crippen LogP contribution in [0.3, 0.4) is 0 Å². The number of hydrogen-bond donors (Lipinski definition) is 2. The van der Waals surface area contributed by atoms with Crippen LogP contribution in [0.4, 0.5) is 10.5 Å². The molecule has 0 heterocycles. The van der Waals surface area contributed by atoms with Gasteiger partial charge in [0, 0.05) is 19.0 Å². The van der Waals surface area contributed by atoms with Crippen molar-refractivity contribution in [1.29, 1.82) is 0 Å². The predicted octanol–water partition coefficient (Wildman–Crippen LogP) is 6.73. The summed E-state index contributed by atoms with van der Waals surface area (Å²) in [7, 11) is 0. The summed E-state index contributed by atoms with van der Waals surface area (Å²) in [4.78, 5) is 39.7. The molecule has 0 aromatic heterocycles. The fourth-order valence-corrected chi connectivity index (χ4v) is 5.30. The Morgan fingerprint density at radius 1 is 0.829 bits per heavy atom. The van der Waals surface area contributed by atoms with Crippen LogP contribution < -0.4 is 5.32 Å². The van der Waals surface area contributed by atoms with Crippen LogP contribution in [0.15, 0.2) is 97.1 Å². The average molecular weight is 549 g/mol. The van der Waals surface area contributed by atoms with Gasteiger partial charge in [-0.15, -0.1) is 0 Å². The van der Waals surface area contributed by atoms with E-state index in [1.165, 1.54) is 4.90 Å². The second kappa shape index (κ2) is 12.5. The molecule has 0 radical (unpaired) electrons. The first-order chi connectivity index (χ1) is 19.9. The average Bonchev–Trinajstić information content (AvgIpc) is 3.32. The van der Waals surface area contributed by atoms with Crippen LogP contribution in [0.1, 0.15) is 51.9 Å². The molecule has 1 aliphatic carbocycles. The number of nitrogens with one attached hydrogen (secondary N) is 1.